The molecule has 0 bridgehead atoms. The predicted octanol–water partition coefficient (Wildman–Crippen LogP) is 1.04. The van der Waals surface area contributed by atoms with Crippen molar-refractivity contribution in [2.75, 3.05) is 5.73 Å². The molecule has 64 valence electrons. The highest BCUT2D eigenvalue weighted by Crippen LogP contribution is 2.06. The molecular formula is C7H9ClN4. The Balaban J connectivity index is 0.000000720. The van der Waals surface area contributed by atoms with Crippen molar-refractivity contribution in [3.8, 4) is 0 Å². The van der Waals surface area contributed by atoms with E-state index in [-0.39, 0.29) is 12.4 Å². The first-order valence-corrected chi connectivity index (χ1v) is 3.34. The number of rotatable bonds is 0. The zero-order valence-electron chi connectivity index (χ0n) is 6.56. The van der Waals surface area contributed by atoms with Gasteiger partial charge in [-0.1, -0.05) is 0 Å². The molecule has 0 radical (unpaired) electrons. The van der Waals surface area contributed by atoms with E-state index in [4.69, 9.17) is 5.73 Å². The summed E-state index contributed by atoms with van der Waals surface area (Å²) in [7, 11) is 0. The van der Waals surface area contributed by atoms with Gasteiger partial charge in [-0.25, -0.2) is 4.98 Å². The van der Waals surface area contributed by atoms with Gasteiger partial charge < -0.3 is 5.73 Å². The molecule has 4 nitrogen and oxygen atoms in total. The van der Waals surface area contributed by atoms with Crippen molar-refractivity contribution < 1.29 is 0 Å². The molecule has 0 spiro atoms. The fourth-order valence-corrected chi connectivity index (χ4v) is 1.03. The molecule has 2 aromatic rings. The number of hydrogen-bond acceptors (Lipinski definition) is 3. The second kappa shape index (κ2) is 2.98. The highest BCUT2D eigenvalue weighted by molar-refractivity contribution is 5.85. The molecule has 2 aromatic heterocycles. The fraction of sp³-hybridized carbons (Fsp3) is 0.143. The molecule has 0 aliphatic carbocycles. The van der Waals surface area contributed by atoms with E-state index in [2.05, 4.69) is 10.1 Å². The van der Waals surface area contributed by atoms with Crippen LogP contribution in [0.5, 0.6) is 0 Å². The van der Waals surface area contributed by atoms with E-state index >= 15 is 0 Å². The third-order valence-corrected chi connectivity index (χ3v) is 1.51. The van der Waals surface area contributed by atoms with Gasteiger partial charge in [-0.3, -0.25) is 0 Å². The van der Waals surface area contributed by atoms with Crippen LogP contribution in [0.1, 0.15) is 5.69 Å². The normalized spacial score (nSPS) is 9.75. The van der Waals surface area contributed by atoms with Gasteiger partial charge in [0.05, 0.1) is 5.69 Å². The first-order valence-electron chi connectivity index (χ1n) is 3.34. The van der Waals surface area contributed by atoms with Crippen LogP contribution in [0.3, 0.4) is 0 Å². The van der Waals surface area contributed by atoms with Gasteiger partial charge in [0.15, 0.2) is 5.65 Å². The molecule has 0 aliphatic rings. The molecular weight excluding hydrogens is 176 g/mol. The lowest BCUT2D eigenvalue weighted by molar-refractivity contribution is 0.929. The molecule has 0 saturated carbocycles. The molecule has 5 heteroatoms. The molecule has 2 heterocycles. The van der Waals surface area contributed by atoms with E-state index in [1.807, 2.05) is 13.0 Å². The topological polar surface area (TPSA) is 56.2 Å². The van der Waals surface area contributed by atoms with Crippen LogP contribution >= 0.6 is 12.4 Å². The number of fused-ring (bicyclic) bond motifs is 1. The van der Waals surface area contributed by atoms with E-state index in [1.165, 1.54) is 0 Å². The van der Waals surface area contributed by atoms with Crippen molar-refractivity contribution in [3.63, 3.8) is 0 Å². The molecule has 2 N–H and O–H groups in total. The predicted molar refractivity (Wildman–Crippen MR) is 49.4 cm³/mol. The van der Waals surface area contributed by atoms with E-state index in [0.29, 0.717) is 5.82 Å². The summed E-state index contributed by atoms with van der Waals surface area (Å²) in [5.74, 6) is 0.614. The Kier molecular flexibility index (Phi) is 2.19. The maximum absolute atomic E-state index is 5.63. The summed E-state index contributed by atoms with van der Waals surface area (Å²) in [5, 5.41) is 4.14. The minimum Gasteiger partial charge on any atom is -0.384 e. The second-order valence-corrected chi connectivity index (χ2v) is 2.43. The van der Waals surface area contributed by atoms with E-state index in [1.54, 1.807) is 16.8 Å². The average molecular weight is 185 g/mol. The Morgan fingerprint density at radius 3 is 2.92 bits per heavy atom. The standard InChI is InChI=1S/C7H8N4.ClH/c1-5-4-7-9-3-2-6(8)11(7)10-5;/h2-4H,8H2,1H3;1H. The molecule has 0 aliphatic heterocycles. The largest absolute Gasteiger partial charge is 0.384 e. The minimum absolute atomic E-state index is 0. The van der Waals surface area contributed by atoms with Crippen LogP contribution in [0, 0.1) is 6.92 Å². The van der Waals surface area contributed by atoms with Gasteiger partial charge in [-0.2, -0.15) is 9.61 Å². The number of aromatic nitrogens is 3. The molecule has 2 rings (SSSR count). The van der Waals surface area contributed by atoms with Crippen LogP contribution in [0.4, 0.5) is 5.82 Å². The van der Waals surface area contributed by atoms with Crippen LogP contribution in [0.2, 0.25) is 0 Å². The molecule has 0 unspecified atom stereocenters. The summed E-state index contributed by atoms with van der Waals surface area (Å²) in [6, 6.07) is 3.61. The van der Waals surface area contributed by atoms with Gasteiger partial charge in [0.2, 0.25) is 0 Å². The molecule has 0 amide bonds. The molecule has 0 fully saturated rings. The SMILES string of the molecule is Cc1cc2nccc(N)n2n1.Cl. The van der Waals surface area contributed by atoms with Gasteiger partial charge in [0, 0.05) is 12.3 Å². The summed E-state index contributed by atoms with van der Waals surface area (Å²) < 4.78 is 1.62. The van der Waals surface area contributed by atoms with Crippen molar-refractivity contribution >= 4 is 23.9 Å². The molecule has 0 aromatic carbocycles. The van der Waals surface area contributed by atoms with E-state index in [0.717, 1.165) is 11.3 Å². The first-order chi connectivity index (χ1) is 5.27. The van der Waals surface area contributed by atoms with Crippen molar-refractivity contribution in [2.45, 2.75) is 6.92 Å². The third-order valence-electron chi connectivity index (χ3n) is 1.51. The van der Waals surface area contributed by atoms with Gasteiger partial charge in [-0.15, -0.1) is 12.4 Å². The van der Waals surface area contributed by atoms with Crippen LogP contribution in [0.25, 0.3) is 5.65 Å². The van der Waals surface area contributed by atoms with E-state index < -0.39 is 0 Å². The number of nitrogens with two attached hydrogens (primary N) is 1. The van der Waals surface area contributed by atoms with Crippen LogP contribution < -0.4 is 5.73 Å². The molecule has 12 heavy (non-hydrogen) atoms. The number of hydrogen-bond donors (Lipinski definition) is 1. The summed E-state index contributed by atoms with van der Waals surface area (Å²) in [6.07, 6.45) is 1.67. The number of halogens is 1. The zero-order valence-corrected chi connectivity index (χ0v) is 7.38. The Morgan fingerprint density at radius 2 is 2.25 bits per heavy atom. The van der Waals surface area contributed by atoms with Crippen molar-refractivity contribution in [3.05, 3.63) is 24.0 Å². The lowest BCUT2D eigenvalue weighted by Gasteiger charge is -1.94. The fourth-order valence-electron chi connectivity index (χ4n) is 1.03. The Bertz CT molecular complexity index is 395. The second-order valence-electron chi connectivity index (χ2n) is 2.43. The van der Waals surface area contributed by atoms with Gasteiger partial charge in [0.25, 0.3) is 0 Å². The monoisotopic (exact) mass is 184 g/mol. The average Bonchev–Trinajstić information content (AvgIpc) is 2.31. The van der Waals surface area contributed by atoms with Crippen LogP contribution in [0.15, 0.2) is 18.3 Å². The van der Waals surface area contributed by atoms with Gasteiger partial charge in [0.1, 0.15) is 5.82 Å². The quantitative estimate of drug-likeness (QED) is 0.666. The summed E-state index contributed by atoms with van der Waals surface area (Å²) in [6.45, 7) is 1.91. The van der Waals surface area contributed by atoms with Crippen LogP contribution in [-0.2, 0) is 0 Å². The number of nitrogen functional groups attached to an aromatic ring is 1. The number of anilines is 1. The first kappa shape index (κ1) is 8.80. The van der Waals surface area contributed by atoms with Gasteiger partial charge in [-0.05, 0) is 13.0 Å². The van der Waals surface area contributed by atoms with Crippen LogP contribution in [-0.4, -0.2) is 14.6 Å². The van der Waals surface area contributed by atoms with Gasteiger partial charge >= 0.3 is 0 Å². The molecule has 0 atom stereocenters. The summed E-state index contributed by atoms with van der Waals surface area (Å²) in [4.78, 5) is 4.08. The number of nitrogens with zero attached hydrogens (tertiary/aromatic N) is 3. The minimum atomic E-state index is 0. The highest BCUT2D eigenvalue weighted by Gasteiger charge is 1.99. The van der Waals surface area contributed by atoms with Crippen molar-refractivity contribution in [1.82, 2.24) is 14.6 Å². The van der Waals surface area contributed by atoms with Crippen molar-refractivity contribution in [1.29, 1.82) is 0 Å². The zero-order chi connectivity index (χ0) is 7.84. The Labute approximate surface area is 75.8 Å². The van der Waals surface area contributed by atoms with E-state index in [9.17, 15) is 0 Å². The Hall–Kier alpha value is -1.29. The molecule has 0 saturated heterocycles. The lowest BCUT2D eigenvalue weighted by Crippen LogP contribution is -1.98. The lowest BCUT2D eigenvalue weighted by atomic mass is 10.5. The maximum Gasteiger partial charge on any atom is 0.157 e. The smallest absolute Gasteiger partial charge is 0.157 e. The Morgan fingerprint density at radius 1 is 1.50 bits per heavy atom. The third kappa shape index (κ3) is 1.21. The summed E-state index contributed by atoms with van der Waals surface area (Å²) in [5.41, 5.74) is 7.35. The maximum atomic E-state index is 5.63. The van der Waals surface area contributed by atoms with Crippen molar-refractivity contribution in [2.24, 2.45) is 0 Å². The highest BCUT2D eigenvalue weighted by atomic mass is 35.5. The summed E-state index contributed by atoms with van der Waals surface area (Å²) >= 11 is 0. The number of aryl methyl sites for hydroxylation is 1.